The van der Waals surface area contributed by atoms with E-state index in [1.54, 1.807) is 18.2 Å². The normalized spacial score (nSPS) is 12.1. The molecule has 0 aliphatic rings. The number of thiophene rings is 1. The molecule has 0 saturated heterocycles. The standard InChI is InChI=1S/C12H14ClNO2S2/c1-2-3-6-14-18(15,16)12-8-9-7-10(13)4-5-11(9)17-12/h4-5,7-8,14H,2-3,6H2,1H3. The molecule has 0 bridgehead atoms. The quantitative estimate of drug-likeness (QED) is 0.857. The van der Waals surface area contributed by atoms with E-state index in [0.29, 0.717) is 15.8 Å². The first-order valence-electron chi connectivity index (χ1n) is 5.71. The number of sulfonamides is 1. The van der Waals surface area contributed by atoms with Crippen LogP contribution in [-0.4, -0.2) is 15.0 Å². The molecule has 2 rings (SSSR count). The Morgan fingerprint density at radius 1 is 1.33 bits per heavy atom. The maximum Gasteiger partial charge on any atom is 0.250 e. The van der Waals surface area contributed by atoms with E-state index in [-0.39, 0.29) is 0 Å². The van der Waals surface area contributed by atoms with Crippen molar-refractivity contribution in [2.45, 2.75) is 24.0 Å². The van der Waals surface area contributed by atoms with Crippen molar-refractivity contribution in [3.63, 3.8) is 0 Å². The Morgan fingerprint density at radius 3 is 2.83 bits per heavy atom. The van der Waals surface area contributed by atoms with Crippen molar-refractivity contribution >= 4 is 43.0 Å². The second-order valence-corrected chi connectivity index (χ2v) is 7.51. The fourth-order valence-electron chi connectivity index (χ4n) is 1.58. The molecule has 1 heterocycles. The van der Waals surface area contributed by atoms with Crippen LogP contribution in [-0.2, 0) is 10.0 Å². The Kier molecular flexibility index (Phi) is 4.27. The van der Waals surface area contributed by atoms with Gasteiger partial charge in [-0.1, -0.05) is 24.9 Å². The third-order valence-electron chi connectivity index (χ3n) is 2.54. The summed E-state index contributed by atoms with van der Waals surface area (Å²) < 4.78 is 27.9. The lowest BCUT2D eigenvalue weighted by Gasteiger charge is -2.02. The van der Waals surface area contributed by atoms with Gasteiger partial charge in [-0.2, -0.15) is 0 Å². The third kappa shape index (κ3) is 3.03. The Bertz CT molecular complexity index is 649. The molecule has 1 N–H and O–H groups in total. The summed E-state index contributed by atoms with van der Waals surface area (Å²) in [5, 5.41) is 1.48. The van der Waals surface area contributed by atoms with Gasteiger partial charge in [0.2, 0.25) is 10.0 Å². The maximum atomic E-state index is 12.0. The number of unbranched alkanes of at least 4 members (excludes halogenated alkanes) is 1. The lowest BCUT2D eigenvalue weighted by Crippen LogP contribution is -2.23. The van der Waals surface area contributed by atoms with Crippen LogP contribution in [0.4, 0.5) is 0 Å². The van der Waals surface area contributed by atoms with Gasteiger partial charge in [-0.3, -0.25) is 0 Å². The van der Waals surface area contributed by atoms with Gasteiger partial charge < -0.3 is 0 Å². The average molecular weight is 304 g/mol. The number of hydrogen-bond acceptors (Lipinski definition) is 3. The van der Waals surface area contributed by atoms with Crippen LogP contribution in [0.15, 0.2) is 28.5 Å². The van der Waals surface area contributed by atoms with Crippen LogP contribution >= 0.6 is 22.9 Å². The molecule has 0 atom stereocenters. The van der Waals surface area contributed by atoms with E-state index >= 15 is 0 Å². The molecular formula is C12H14ClNO2S2. The summed E-state index contributed by atoms with van der Waals surface area (Å²) in [5.41, 5.74) is 0. The third-order valence-corrected chi connectivity index (χ3v) is 5.83. The second kappa shape index (κ2) is 5.57. The fraction of sp³-hybridized carbons (Fsp3) is 0.333. The Balaban J connectivity index is 2.30. The van der Waals surface area contributed by atoms with Gasteiger partial charge in [0.25, 0.3) is 0 Å². The summed E-state index contributed by atoms with van der Waals surface area (Å²) >= 11 is 7.15. The van der Waals surface area contributed by atoms with Crippen molar-refractivity contribution in [2.75, 3.05) is 6.54 Å². The smallest absolute Gasteiger partial charge is 0.210 e. The van der Waals surface area contributed by atoms with Gasteiger partial charge in [-0.05, 0) is 36.1 Å². The van der Waals surface area contributed by atoms with Gasteiger partial charge in [0.1, 0.15) is 4.21 Å². The van der Waals surface area contributed by atoms with Crippen molar-refractivity contribution in [2.24, 2.45) is 0 Å². The molecule has 6 heteroatoms. The van der Waals surface area contributed by atoms with Gasteiger partial charge in [0.05, 0.1) is 0 Å². The second-order valence-electron chi connectivity index (χ2n) is 4.00. The Hall–Kier alpha value is -0.620. The van der Waals surface area contributed by atoms with Crippen LogP contribution in [0.3, 0.4) is 0 Å². The largest absolute Gasteiger partial charge is 0.250 e. The maximum absolute atomic E-state index is 12.0. The fourth-order valence-corrected chi connectivity index (χ4v) is 4.25. The summed E-state index contributed by atoms with van der Waals surface area (Å²) in [5.74, 6) is 0. The number of rotatable bonds is 5. The van der Waals surface area contributed by atoms with Gasteiger partial charge in [-0.25, -0.2) is 13.1 Å². The topological polar surface area (TPSA) is 46.2 Å². The Labute approximate surface area is 116 Å². The molecule has 18 heavy (non-hydrogen) atoms. The van der Waals surface area contributed by atoms with Crippen LogP contribution in [0.1, 0.15) is 19.8 Å². The highest BCUT2D eigenvalue weighted by Crippen LogP contribution is 2.30. The lowest BCUT2D eigenvalue weighted by molar-refractivity contribution is 0.580. The minimum atomic E-state index is -3.38. The molecule has 3 nitrogen and oxygen atoms in total. The summed E-state index contributed by atoms with van der Waals surface area (Å²) in [6, 6.07) is 7.05. The SMILES string of the molecule is CCCCNS(=O)(=O)c1cc2cc(Cl)ccc2s1. The van der Waals surface area contributed by atoms with Crippen molar-refractivity contribution < 1.29 is 8.42 Å². The molecule has 98 valence electrons. The molecular weight excluding hydrogens is 290 g/mol. The lowest BCUT2D eigenvalue weighted by atomic mass is 10.3. The highest BCUT2D eigenvalue weighted by molar-refractivity contribution is 7.91. The molecule has 1 aromatic heterocycles. The van der Waals surface area contributed by atoms with Crippen LogP contribution in [0, 0.1) is 0 Å². The molecule has 1 aromatic carbocycles. The van der Waals surface area contributed by atoms with Gasteiger partial charge in [-0.15, -0.1) is 11.3 Å². The zero-order valence-corrected chi connectivity index (χ0v) is 12.3. The molecule has 0 unspecified atom stereocenters. The summed E-state index contributed by atoms with van der Waals surface area (Å²) in [4.78, 5) is 0. The van der Waals surface area contributed by atoms with Gasteiger partial charge in [0, 0.05) is 16.3 Å². The molecule has 0 radical (unpaired) electrons. The first-order valence-corrected chi connectivity index (χ1v) is 8.39. The number of fused-ring (bicyclic) bond motifs is 1. The monoisotopic (exact) mass is 303 g/mol. The highest BCUT2D eigenvalue weighted by atomic mass is 35.5. The van der Waals surface area contributed by atoms with Gasteiger partial charge in [0.15, 0.2) is 0 Å². The minimum absolute atomic E-state index is 0.343. The summed E-state index contributed by atoms with van der Waals surface area (Å²) in [6.07, 6.45) is 1.81. The molecule has 0 aliphatic carbocycles. The van der Waals surface area contributed by atoms with Gasteiger partial charge >= 0.3 is 0 Å². The zero-order chi connectivity index (χ0) is 13.2. The van der Waals surface area contributed by atoms with E-state index in [2.05, 4.69) is 4.72 Å². The minimum Gasteiger partial charge on any atom is -0.210 e. The number of halogens is 1. The van der Waals surface area contributed by atoms with E-state index in [4.69, 9.17) is 11.6 Å². The molecule has 0 saturated carbocycles. The van der Waals surface area contributed by atoms with Crippen LogP contribution in [0.2, 0.25) is 5.02 Å². The van der Waals surface area contributed by atoms with E-state index in [1.165, 1.54) is 11.3 Å². The van der Waals surface area contributed by atoms with Crippen LogP contribution < -0.4 is 4.72 Å². The highest BCUT2D eigenvalue weighted by Gasteiger charge is 2.16. The predicted molar refractivity (Wildman–Crippen MR) is 76.9 cm³/mol. The zero-order valence-electron chi connectivity index (χ0n) is 9.94. The van der Waals surface area contributed by atoms with Crippen molar-refractivity contribution in [3.8, 4) is 0 Å². The van der Waals surface area contributed by atoms with E-state index < -0.39 is 10.0 Å². The van der Waals surface area contributed by atoms with E-state index in [1.807, 2.05) is 13.0 Å². The molecule has 0 amide bonds. The summed E-state index contributed by atoms with van der Waals surface area (Å²) in [6.45, 7) is 2.50. The summed E-state index contributed by atoms with van der Waals surface area (Å²) in [7, 11) is -3.38. The van der Waals surface area contributed by atoms with Crippen LogP contribution in [0.5, 0.6) is 0 Å². The van der Waals surface area contributed by atoms with Crippen molar-refractivity contribution in [3.05, 3.63) is 29.3 Å². The van der Waals surface area contributed by atoms with Crippen molar-refractivity contribution in [1.82, 2.24) is 4.72 Å². The molecule has 2 aromatic rings. The average Bonchev–Trinajstić information content (AvgIpc) is 2.72. The van der Waals surface area contributed by atoms with Crippen LogP contribution in [0.25, 0.3) is 10.1 Å². The van der Waals surface area contributed by atoms with E-state index in [0.717, 1.165) is 22.9 Å². The molecule has 0 aliphatic heterocycles. The van der Waals surface area contributed by atoms with E-state index in [9.17, 15) is 8.42 Å². The first kappa shape index (κ1) is 13.8. The Morgan fingerprint density at radius 2 is 2.11 bits per heavy atom. The number of benzene rings is 1. The van der Waals surface area contributed by atoms with Crippen molar-refractivity contribution in [1.29, 1.82) is 0 Å². The predicted octanol–water partition coefficient (Wildman–Crippen LogP) is 3.63. The molecule has 0 fully saturated rings. The number of nitrogens with one attached hydrogen (secondary N) is 1. The molecule has 0 spiro atoms. The number of hydrogen-bond donors (Lipinski definition) is 1. The first-order chi connectivity index (χ1) is 8.53.